The topological polar surface area (TPSA) is 37.8 Å². The third kappa shape index (κ3) is 2.88. The van der Waals surface area contributed by atoms with E-state index in [4.69, 9.17) is 0 Å². The zero-order chi connectivity index (χ0) is 13.9. The first-order chi connectivity index (χ1) is 9.81. The average molecular weight is 324 g/mol. The highest BCUT2D eigenvalue weighted by Gasteiger charge is 2.33. The van der Waals surface area contributed by atoms with Gasteiger partial charge in [0.05, 0.1) is 0 Å². The van der Waals surface area contributed by atoms with E-state index < -0.39 is 0 Å². The highest BCUT2D eigenvalue weighted by atomic mass is 32.2. The fourth-order valence-electron chi connectivity index (χ4n) is 2.59. The minimum Gasteiger partial charge on any atom is -0.309 e. The van der Waals surface area contributed by atoms with Gasteiger partial charge >= 0.3 is 0 Å². The van der Waals surface area contributed by atoms with Crippen LogP contribution in [0.15, 0.2) is 32.9 Å². The van der Waals surface area contributed by atoms with Crippen LogP contribution in [0.1, 0.15) is 24.1 Å². The van der Waals surface area contributed by atoms with E-state index in [9.17, 15) is 0 Å². The Hall–Kier alpha value is -0.560. The molecule has 0 aliphatic heterocycles. The zero-order valence-electron chi connectivity index (χ0n) is 11.5. The van der Waals surface area contributed by atoms with Crippen molar-refractivity contribution < 1.29 is 0 Å². The van der Waals surface area contributed by atoms with Crippen LogP contribution < -0.4 is 5.32 Å². The lowest BCUT2D eigenvalue weighted by atomic mass is 10.1. The molecule has 0 bridgehead atoms. The maximum absolute atomic E-state index is 4.29. The molecule has 1 aliphatic rings. The minimum absolute atomic E-state index is 0.419. The summed E-state index contributed by atoms with van der Waals surface area (Å²) in [5, 5.41) is 12.6. The lowest BCUT2D eigenvalue weighted by Crippen LogP contribution is -2.26. The van der Waals surface area contributed by atoms with Crippen molar-refractivity contribution in [1.29, 1.82) is 0 Å². The molecule has 0 saturated carbocycles. The number of nitrogens with zero attached hydrogens (tertiary/aromatic N) is 2. The van der Waals surface area contributed by atoms with Gasteiger partial charge in [-0.2, -0.15) is 0 Å². The summed E-state index contributed by atoms with van der Waals surface area (Å²) in [6.07, 6.45) is 3.15. The highest BCUT2D eigenvalue weighted by Crippen LogP contribution is 2.42. The second-order valence-corrected chi connectivity index (χ2v) is 8.15. The Morgan fingerprint density at radius 2 is 2.10 bits per heavy atom. The summed E-state index contributed by atoms with van der Waals surface area (Å²) in [6, 6.07) is 9.17. The van der Waals surface area contributed by atoms with E-state index in [1.807, 2.05) is 18.0 Å². The molecule has 3 rings (SSSR count). The molecule has 1 aromatic carbocycles. The first kappa shape index (κ1) is 14.4. The highest BCUT2D eigenvalue weighted by molar-refractivity contribution is 8.03. The molecule has 1 aliphatic carbocycles. The van der Waals surface area contributed by atoms with Crippen molar-refractivity contribution in [1.82, 2.24) is 15.5 Å². The first-order valence-corrected chi connectivity index (χ1v) is 9.59. The Labute approximate surface area is 132 Å². The predicted molar refractivity (Wildman–Crippen MR) is 87.9 cm³/mol. The van der Waals surface area contributed by atoms with Crippen molar-refractivity contribution >= 4 is 34.9 Å². The minimum atomic E-state index is 0.419. The number of thioether (sulfide) groups is 2. The summed E-state index contributed by atoms with van der Waals surface area (Å²) >= 11 is 5.22. The number of rotatable bonds is 5. The SMILES string of the molecule is CCNC1c2ccccc2CC1Sc1nnc(SC)s1. The maximum atomic E-state index is 4.29. The average Bonchev–Trinajstić information content (AvgIpc) is 3.05. The Morgan fingerprint density at radius 1 is 1.30 bits per heavy atom. The Morgan fingerprint density at radius 3 is 2.85 bits per heavy atom. The van der Waals surface area contributed by atoms with Gasteiger partial charge in [0.2, 0.25) is 0 Å². The number of nitrogens with one attached hydrogen (secondary N) is 1. The van der Waals surface area contributed by atoms with Crippen molar-refractivity contribution in [2.24, 2.45) is 0 Å². The van der Waals surface area contributed by atoms with E-state index in [0.29, 0.717) is 11.3 Å². The van der Waals surface area contributed by atoms with Gasteiger partial charge in [-0.3, -0.25) is 0 Å². The molecule has 1 N–H and O–H groups in total. The molecule has 0 amide bonds. The second-order valence-electron chi connectivity index (χ2n) is 4.63. The number of hydrogen-bond donors (Lipinski definition) is 1. The molecular weight excluding hydrogens is 306 g/mol. The van der Waals surface area contributed by atoms with Gasteiger partial charge < -0.3 is 5.32 Å². The van der Waals surface area contributed by atoms with Crippen LogP contribution in [0, 0.1) is 0 Å². The number of fused-ring (bicyclic) bond motifs is 1. The van der Waals surface area contributed by atoms with E-state index in [2.05, 4.69) is 46.7 Å². The van der Waals surface area contributed by atoms with Crippen molar-refractivity contribution in [3.8, 4) is 0 Å². The molecule has 1 heterocycles. The third-order valence-electron chi connectivity index (χ3n) is 3.42. The van der Waals surface area contributed by atoms with Gasteiger partial charge in [0.1, 0.15) is 0 Å². The van der Waals surface area contributed by atoms with E-state index in [1.54, 1.807) is 23.1 Å². The molecule has 3 nitrogen and oxygen atoms in total. The smallest absolute Gasteiger partial charge is 0.175 e. The van der Waals surface area contributed by atoms with Crippen LogP contribution in [-0.2, 0) is 6.42 Å². The Bertz CT molecular complexity index is 585. The number of hydrogen-bond acceptors (Lipinski definition) is 6. The summed E-state index contributed by atoms with van der Waals surface area (Å²) in [5.41, 5.74) is 2.91. The number of benzene rings is 1. The zero-order valence-corrected chi connectivity index (χ0v) is 13.9. The van der Waals surface area contributed by atoms with Crippen LogP contribution >= 0.6 is 34.9 Å². The van der Waals surface area contributed by atoms with Gasteiger partial charge in [-0.05, 0) is 30.3 Å². The predicted octanol–water partition coefficient (Wildman–Crippen LogP) is 3.63. The molecule has 2 aromatic rings. The van der Waals surface area contributed by atoms with Crippen LogP contribution in [0.3, 0.4) is 0 Å². The van der Waals surface area contributed by atoms with Crippen molar-refractivity contribution in [3.05, 3.63) is 35.4 Å². The van der Waals surface area contributed by atoms with E-state index in [1.165, 1.54) is 11.1 Å². The second kappa shape index (κ2) is 6.47. The maximum Gasteiger partial charge on any atom is 0.175 e. The standard InChI is InChI=1S/C14H17N3S3/c1-3-15-12-10-7-5-4-6-9(10)8-11(12)19-14-17-16-13(18-2)20-14/h4-7,11-12,15H,3,8H2,1-2H3. The lowest BCUT2D eigenvalue weighted by Gasteiger charge is -2.19. The lowest BCUT2D eigenvalue weighted by molar-refractivity contribution is 0.560. The van der Waals surface area contributed by atoms with Gasteiger partial charge in [0.15, 0.2) is 8.68 Å². The van der Waals surface area contributed by atoms with Crippen LogP contribution in [0.2, 0.25) is 0 Å². The molecule has 0 spiro atoms. The first-order valence-electron chi connectivity index (χ1n) is 6.67. The summed E-state index contributed by atoms with van der Waals surface area (Å²) in [5.74, 6) is 0. The van der Waals surface area contributed by atoms with Crippen molar-refractivity contribution in [2.45, 2.75) is 33.3 Å². The molecule has 1 aromatic heterocycles. The molecule has 106 valence electrons. The molecule has 0 saturated heterocycles. The third-order valence-corrected chi connectivity index (χ3v) is 6.68. The molecule has 20 heavy (non-hydrogen) atoms. The van der Waals surface area contributed by atoms with Crippen LogP contribution in [0.5, 0.6) is 0 Å². The van der Waals surface area contributed by atoms with Crippen molar-refractivity contribution in [3.63, 3.8) is 0 Å². The van der Waals surface area contributed by atoms with E-state index >= 15 is 0 Å². The normalized spacial score (nSPS) is 21.1. The Kier molecular flexibility index (Phi) is 4.65. The van der Waals surface area contributed by atoms with Crippen molar-refractivity contribution in [2.75, 3.05) is 12.8 Å². The van der Waals surface area contributed by atoms with Crippen LogP contribution in [0.4, 0.5) is 0 Å². The summed E-state index contributed by atoms with van der Waals surface area (Å²) in [4.78, 5) is 0. The van der Waals surface area contributed by atoms with E-state index in [0.717, 1.165) is 21.6 Å². The van der Waals surface area contributed by atoms with E-state index in [-0.39, 0.29) is 0 Å². The molecule has 0 radical (unpaired) electrons. The summed E-state index contributed by atoms with van der Waals surface area (Å²) in [7, 11) is 0. The summed E-state index contributed by atoms with van der Waals surface area (Å²) in [6.45, 7) is 3.15. The van der Waals surface area contributed by atoms with Gasteiger partial charge in [-0.1, -0.05) is 66.0 Å². The quantitative estimate of drug-likeness (QED) is 0.851. The fourth-order valence-corrected chi connectivity index (χ4v) is 5.54. The van der Waals surface area contributed by atoms with Gasteiger partial charge in [-0.25, -0.2) is 0 Å². The van der Waals surface area contributed by atoms with Crippen LogP contribution in [0.25, 0.3) is 0 Å². The fraction of sp³-hybridized carbons (Fsp3) is 0.429. The van der Waals surface area contributed by atoms with Gasteiger partial charge in [0, 0.05) is 11.3 Å². The number of aromatic nitrogens is 2. The van der Waals surface area contributed by atoms with Crippen LogP contribution in [-0.4, -0.2) is 28.2 Å². The summed E-state index contributed by atoms with van der Waals surface area (Å²) < 4.78 is 2.12. The monoisotopic (exact) mass is 323 g/mol. The molecule has 2 unspecified atom stereocenters. The molecule has 6 heteroatoms. The van der Waals surface area contributed by atoms with Gasteiger partial charge in [0.25, 0.3) is 0 Å². The molecular formula is C14H17N3S3. The molecule has 0 fully saturated rings. The van der Waals surface area contributed by atoms with Gasteiger partial charge in [-0.15, -0.1) is 10.2 Å². The largest absolute Gasteiger partial charge is 0.309 e. The Balaban J connectivity index is 1.79. The molecule has 2 atom stereocenters.